The van der Waals surface area contributed by atoms with E-state index in [9.17, 15) is 14.4 Å². The zero-order valence-electron chi connectivity index (χ0n) is 16.1. The van der Waals surface area contributed by atoms with Gasteiger partial charge in [-0.05, 0) is 26.7 Å². The summed E-state index contributed by atoms with van der Waals surface area (Å²) in [7, 11) is 1.54. The fourth-order valence-electron chi connectivity index (χ4n) is 3.65. The summed E-state index contributed by atoms with van der Waals surface area (Å²) in [6, 6.07) is 0.120. The molecule has 2 heterocycles. The Kier molecular flexibility index (Phi) is 5.62. The van der Waals surface area contributed by atoms with Crippen molar-refractivity contribution < 1.29 is 9.53 Å². The first-order valence-electron chi connectivity index (χ1n) is 9.45. The van der Waals surface area contributed by atoms with Crippen molar-refractivity contribution in [3.63, 3.8) is 0 Å². The lowest BCUT2D eigenvalue weighted by atomic mass is 9.95. The number of aromatic nitrogens is 3. The largest absolute Gasteiger partial charge is 0.493 e. The van der Waals surface area contributed by atoms with Crippen molar-refractivity contribution in [1.29, 1.82) is 0 Å². The number of rotatable bonds is 5. The Bertz CT molecular complexity index is 970. The number of hydrogen-bond acceptors (Lipinski definition) is 5. The summed E-state index contributed by atoms with van der Waals surface area (Å²) in [6.07, 6.45) is 6.81. The normalized spacial score (nSPS) is 15.1. The van der Waals surface area contributed by atoms with E-state index < -0.39 is 11.2 Å². The summed E-state index contributed by atoms with van der Waals surface area (Å²) < 4.78 is 7.88. The first-order valence-corrected chi connectivity index (χ1v) is 9.45. The van der Waals surface area contributed by atoms with Crippen molar-refractivity contribution in [2.24, 2.45) is 7.05 Å². The average molecular weight is 374 g/mol. The number of ether oxygens (including phenoxy) is 1. The van der Waals surface area contributed by atoms with Gasteiger partial charge in [-0.25, -0.2) is 14.3 Å². The van der Waals surface area contributed by atoms with Crippen LogP contribution in [0.4, 0.5) is 0 Å². The smallest absolute Gasteiger partial charge is 0.332 e. The molecule has 1 fully saturated rings. The zero-order valence-corrected chi connectivity index (χ0v) is 16.1. The van der Waals surface area contributed by atoms with Gasteiger partial charge in [0.25, 0.3) is 5.56 Å². The molecule has 1 aliphatic carbocycles. The molecule has 0 atom stereocenters. The van der Waals surface area contributed by atoms with Gasteiger partial charge >= 0.3 is 5.69 Å². The van der Waals surface area contributed by atoms with E-state index >= 15 is 0 Å². The number of carbonyl (C=O) groups is 1. The number of pyridine rings is 1. The van der Waals surface area contributed by atoms with Gasteiger partial charge in [0.05, 0.1) is 6.61 Å². The van der Waals surface area contributed by atoms with E-state index in [1.807, 2.05) is 6.92 Å². The van der Waals surface area contributed by atoms with Crippen LogP contribution in [0.3, 0.4) is 0 Å². The van der Waals surface area contributed by atoms with Gasteiger partial charge in [0.15, 0.2) is 5.65 Å². The van der Waals surface area contributed by atoms with E-state index in [4.69, 9.17) is 4.74 Å². The monoisotopic (exact) mass is 374 g/mol. The third-order valence-electron chi connectivity index (χ3n) is 5.04. The minimum atomic E-state index is -0.565. The zero-order chi connectivity index (χ0) is 19.6. The molecule has 8 heteroatoms. The predicted molar refractivity (Wildman–Crippen MR) is 102 cm³/mol. The molecular formula is C19H26N4O4. The van der Waals surface area contributed by atoms with Crippen LogP contribution in [-0.4, -0.2) is 32.7 Å². The van der Waals surface area contributed by atoms with Crippen molar-refractivity contribution in [2.45, 2.75) is 58.5 Å². The Morgan fingerprint density at radius 1 is 1.30 bits per heavy atom. The molecule has 146 valence electrons. The van der Waals surface area contributed by atoms with Crippen molar-refractivity contribution in [3.05, 3.63) is 32.6 Å². The SMILES string of the molecule is CCOc1c(C)cnc2c1c(=O)n(CC(=O)NC1CCCCC1)c(=O)n2C. The Balaban J connectivity index is 2.02. The molecule has 1 N–H and O–H groups in total. The minimum Gasteiger partial charge on any atom is -0.493 e. The molecule has 2 aromatic rings. The van der Waals surface area contributed by atoms with Crippen LogP contribution >= 0.6 is 0 Å². The predicted octanol–water partition coefficient (Wildman–Crippen LogP) is 1.25. The second kappa shape index (κ2) is 7.94. The molecule has 0 bridgehead atoms. The molecule has 27 heavy (non-hydrogen) atoms. The number of aryl methyl sites for hydroxylation is 2. The van der Waals surface area contributed by atoms with Crippen LogP contribution in [-0.2, 0) is 18.4 Å². The average Bonchev–Trinajstić information content (AvgIpc) is 2.66. The summed E-state index contributed by atoms with van der Waals surface area (Å²) >= 11 is 0. The van der Waals surface area contributed by atoms with Gasteiger partial charge in [-0.15, -0.1) is 0 Å². The van der Waals surface area contributed by atoms with Crippen molar-refractivity contribution in [3.8, 4) is 5.75 Å². The summed E-state index contributed by atoms with van der Waals surface area (Å²) in [5, 5.41) is 3.17. The summed E-state index contributed by atoms with van der Waals surface area (Å²) in [5.41, 5.74) is -0.155. The number of hydrogen-bond donors (Lipinski definition) is 1. The van der Waals surface area contributed by atoms with E-state index in [1.54, 1.807) is 13.1 Å². The second-order valence-corrected chi connectivity index (χ2v) is 7.04. The van der Waals surface area contributed by atoms with Crippen LogP contribution in [0.5, 0.6) is 5.75 Å². The van der Waals surface area contributed by atoms with Crippen LogP contribution in [0.1, 0.15) is 44.6 Å². The summed E-state index contributed by atoms with van der Waals surface area (Å²) in [6.45, 7) is 3.69. The molecule has 2 aromatic heterocycles. The van der Waals surface area contributed by atoms with Crippen molar-refractivity contribution >= 4 is 16.9 Å². The fourth-order valence-corrected chi connectivity index (χ4v) is 3.65. The van der Waals surface area contributed by atoms with Crippen LogP contribution in [0.25, 0.3) is 11.0 Å². The lowest BCUT2D eigenvalue weighted by molar-refractivity contribution is -0.122. The highest BCUT2D eigenvalue weighted by Crippen LogP contribution is 2.24. The first-order chi connectivity index (χ1) is 12.9. The molecule has 0 aliphatic heterocycles. The van der Waals surface area contributed by atoms with Gasteiger partial charge in [0.1, 0.15) is 17.7 Å². The van der Waals surface area contributed by atoms with Gasteiger partial charge in [-0.3, -0.25) is 14.2 Å². The third kappa shape index (κ3) is 3.74. The number of fused-ring (bicyclic) bond motifs is 1. The maximum Gasteiger partial charge on any atom is 0.332 e. The Morgan fingerprint density at radius 3 is 2.67 bits per heavy atom. The molecule has 0 aromatic carbocycles. The second-order valence-electron chi connectivity index (χ2n) is 7.04. The lowest BCUT2D eigenvalue weighted by Crippen LogP contribution is -2.45. The van der Waals surface area contributed by atoms with E-state index in [0.717, 1.165) is 30.3 Å². The molecule has 1 amide bonds. The topological polar surface area (TPSA) is 95.2 Å². The molecular weight excluding hydrogens is 348 g/mol. The standard InChI is InChI=1S/C19H26N4O4/c1-4-27-16-12(2)10-20-17-15(16)18(25)23(19(26)22(17)3)11-14(24)21-13-8-6-5-7-9-13/h10,13H,4-9,11H2,1-3H3,(H,21,24). The number of nitrogens with zero attached hydrogens (tertiary/aromatic N) is 3. The number of amides is 1. The molecule has 0 radical (unpaired) electrons. The van der Waals surface area contributed by atoms with Crippen LogP contribution < -0.4 is 21.3 Å². The maximum absolute atomic E-state index is 13.0. The van der Waals surface area contributed by atoms with Crippen LogP contribution in [0.2, 0.25) is 0 Å². The number of carbonyl (C=O) groups excluding carboxylic acids is 1. The highest BCUT2D eigenvalue weighted by atomic mass is 16.5. The van der Waals surface area contributed by atoms with Gasteiger partial charge in [-0.1, -0.05) is 19.3 Å². The maximum atomic E-state index is 13.0. The van der Waals surface area contributed by atoms with Gasteiger partial charge < -0.3 is 10.1 Å². The van der Waals surface area contributed by atoms with E-state index in [2.05, 4.69) is 10.3 Å². The third-order valence-corrected chi connectivity index (χ3v) is 5.04. The Morgan fingerprint density at radius 2 is 2.00 bits per heavy atom. The first kappa shape index (κ1) is 19.1. The summed E-state index contributed by atoms with van der Waals surface area (Å²) in [4.78, 5) is 42.3. The van der Waals surface area contributed by atoms with Crippen LogP contribution in [0, 0.1) is 6.92 Å². The van der Waals surface area contributed by atoms with Crippen molar-refractivity contribution in [2.75, 3.05) is 6.61 Å². The summed E-state index contributed by atoms with van der Waals surface area (Å²) in [5.74, 6) is 0.0866. The van der Waals surface area contributed by atoms with E-state index in [-0.39, 0.29) is 29.5 Å². The highest BCUT2D eigenvalue weighted by molar-refractivity contribution is 5.83. The van der Waals surface area contributed by atoms with Crippen LogP contribution in [0.15, 0.2) is 15.8 Å². The Labute approximate surface area is 157 Å². The van der Waals surface area contributed by atoms with Gasteiger partial charge in [0.2, 0.25) is 5.91 Å². The van der Waals surface area contributed by atoms with E-state index in [1.165, 1.54) is 18.0 Å². The molecule has 0 spiro atoms. The quantitative estimate of drug-likeness (QED) is 0.850. The highest BCUT2D eigenvalue weighted by Gasteiger charge is 2.21. The van der Waals surface area contributed by atoms with Gasteiger partial charge in [0, 0.05) is 24.8 Å². The molecule has 0 saturated heterocycles. The van der Waals surface area contributed by atoms with E-state index in [0.29, 0.717) is 17.9 Å². The minimum absolute atomic E-state index is 0.120. The molecule has 3 rings (SSSR count). The lowest BCUT2D eigenvalue weighted by Gasteiger charge is -2.23. The molecule has 1 saturated carbocycles. The van der Waals surface area contributed by atoms with Gasteiger partial charge in [-0.2, -0.15) is 0 Å². The van der Waals surface area contributed by atoms with Crippen molar-refractivity contribution in [1.82, 2.24) is 19.4 Å². The molecule has 1 aliphatic rings. The Hall–Kier alpha value is -2.64. The molecule has 8 nitrogen and oxygen atoms in total. The fraction of sp³-hybridized carbons (Fsp3) is 0.579. The molecule has 0 unspecified atom stereocenters. The number of nitrogens with one attached hydrogen (secondary N) is 1.